The summed E-state index contributed by atoms with van der Waals surface area (Å²) < 4.78 is 38.8. The van der Waals surface area contributed by atoms with Gasteiger partial charge in [-0.1, -0.05) is 36.4 Å². The van der Waals surface area contributed by atoms with E-state index < -0.39 is 23.6 Å². The molecule has 2 aromatic rings. The van der Waals surface area contributed by atoms with Crippen LogP contribution in [0.5, 0.6) is 0 Å². The molecule has 5 nitrogen and oxygen atoms in total. The van der Waals surface area contributed by atoms with Gasteiger partial charge in [-0.2, -0.15) is 18.3 Å². The number of nitrogens with zero attached hydrogens (tertiary/aromatic N) is 2. The summed E-state index contributed by atoms with van der Waals surface area (Å²) in [6.07, 6.45) is -3.54. The smallest absolute Gasteiger partial charge is 0.312 e. The molecule has 1 aliphatic heterocycles. The van der Waals surface area contributed by atoms with Crippen LogP contribution in [0.15, 0.2) is 59.7 Å². The number of nitrogens with one attached hydrogen (secondary N) is 1. The molecule has 0 spiro atoms. The van der Waals surface area contributed by atoms with Crippen LogP contribution in [0.2, 0.25) is 0 Å². The summed E-state index contributed by atoms with van der Waals surface area (Å²) >= 11 is 0. The fourth-order valence-corrected chi connectivity index (χ4v) is 2.87. The molecule has 1 fully saturated rings. The molecule has 8 heteroatoms. The number of anilines is 1. The van der Waals surface area contributed by atoms with Crippen LogP contribution in [0, 0.1) is 5.92 Å². The highest BCUT2D eigenvalue weighted by Crippen LogP contribution is 2.31. The number of halogens is 3. The van der Waals surface area contributed by atoms with Crippen molar-refractivity contribution in [2.45, 2.75) is 12.6 Å². The molecular weight excluding hydrogens is 359 g/mol. The molecule has 2 amide bonds. The van der Waals surface area contributed by atoms with E-state index in [1.165, 1.54) is 23.1 Å². The van der Waals surface area contributed by atoms with Gasteiger partial charge in [0.1, 0.15) is 0 Å². The fourth-order valence-electron chi connectivity index (χ4n) is 2.87. The van der Waals surface area contributed by atoms with E-state index in [0.717, 1.165) is 12.3 Å². The average molecular weight is 375 g/mol. The van der Waals surface area contributed by atoms with Gasteiger partial charge in [0.05, 0.1) is 17.7 Å². The lowest BCUT2D eigenvalue weighted by atomic mass is 10.1. The number of hydrazone groups is 1. The number of benzene rings is 2. The van der Waals surface area contributed by atoms with Gasteiger partial charge in [0.2, 0.25) is 11.8 Å². The highest BCUT2D eigenvalue weighted by molar-refractivity contribution is 6.00. The van der Waals surface area contributed by atoms with Crippen LogP contribution < -0.4 is 10.3 Å². The highest BCUT2D eigenvalue weighted by atomic mass is 19.4. The van der Waals surface area contributed by atoms with Gasteiger partial charge in [0.15, 0.2) is 0 Å². The average Bonchev–Trinajstić information content (AvgIpc) is 3.04. The maximum absolute atomic E-state index is 12.9. The first kappa shape index (κ1) is 18.6. The number of carbonyl (C=O) groups is 2. The number of hydrogen-bond acceptors (Lipinski definition) is 3. The van der Waals surface area contributed by atoms with E-state index >= 15 is 0 Å². The Labute approximate surface area is 153 Å². The molecule has 0 saturated carbocycles. The van der Waals surface area contributed by atoms with Crippen molar-refractivity contribution >= 4 is 23.7 Å². The number of hydrogen-bond donors (Lipinski definition) is 1. The topological polar surface area (TPSA) is 61.8 Å². The summed E-state index contributed by atoms with van der Waals surface area (Å²) in [7, 11) is 0. The summed E-state index contributed by atoms with van der Waals surface area (Å²) in [6.45, 7) is 0.198. The van der Waals surface area contributed by atoms with Crippen LogP contribution >= 0.6 is 0 Å². The van der Waals surface area contributed by atoms with E-state index in [0.29, 0.717) is 5.69 Å². The number of amides is 2. The Hall–Kier alpha value is -3.16. The van der Waals surface area contributed by atoms with Crippen molar-refractivity contribution in [1.29, 1.82) is 0 Å². The Bertz CT molecular complexity index is 866. The predicted molar refractivity (Wildman–Crippen MR) is 94.1 cm³/mol. The zero-order valence-corrected chi connectivity index (χ0v) is 14.1. The van der Waals surface area contributed by atoms with Crippen LogP contribution in [-0.2, 0) is 15.8 Å². The Morgan fingerprint density at radius 1 is 1.11 bits per heavy atom. The standard InChI is InChI=1S/C19H16F3N3O2/c20-19(21,22)16-9-5-4-6-13(16)11-23-24-18(27)14-10-17(26)25(12-14)15-7-2-1-3-8-15/h1-9,11,14H,10,12H2,(H,24,27)/t14-/m0/s1. The van der Waals surface area contributed by atoms with Crippen molar-refractivity contribution in [2.75, 3.05) is 11.4 Å². The first-order chi connectivity index (χ1) is 12.9. The molecule has 1 N–H and O–H groups in total. The number of carbonyl (C=O) groups excluding carboxylic acids is 2. The van der Waals surface area contributed by atoms with Gasteiger partial charge in [0, 0.05) is 24.2 Å². The zero-order chi connectivity index (χ0) is 19.4. The van der Waals surface area contributed by atoms with Crippen molar-refractivity contribution in [1.82, 2.24) is 5.43 Å². The molecule has 3 rings (SSSR count). The molecule has 0 aliphatic carbocycles. The van der Waals surface area contributed by atoms with Crippen molar-refractivity contribution < 1.29 is 22.8 Å². The summed E-state index contributed by atoms with van der Waals surface area (Å²) in [4.78, 5) is 25.8. The Kier molecular flexibility index (Phi) is 5.25. The van der Waals surface area contributed by atoms with Crippen LogP contribution in [0.25, 0.3) is 0 Å². The molecule has 0 bridgehead atoms. The second-order valence-electron chi connectivity index (χ2n) is 6.06. The van der Waals surface area contributed by atoms with E-state index in [1.807, 2.05) is 6.07 Å². The molecule has 140 valence electrons. The van der Waals surface area contributed by atoms with Gasteiger partial charge in [0.25, 0.3) is 0 Å². The molecular formula is C19H16F3N3O2. The minimum atomic E-state index is -4.51. The highest BCUT2D eigenvalue weighted by Gasteiger charge is 2.35. The van der Waals surface area contributed by atoms with Crippen LogP contribution in [0.3, 0.4) is 0 Å². The van der Waals surface area contributed by atoms with Crippen molar-refractivity contribution in [3.05, 3.63) is 65.7 Å². The molecule has 27 heavy (non-hydrogen) atoms. The molecule has 1 saturated heterocycles. The summed E-state index contributed by atoms with van der Waals surface area (Å²) in [5.41, 5.74) is 1.93. The molecule has 2 aromatic carbocycles. The van der Waals surface area contributed by atoms with E-state index in [1.54, 1.807) is 24.3 Å². The van der Waals surface area contributed by atoms with Crippen LogP contribution in [0.4, 0.5) is 18.9 Å². The number of para-hydroxylation sites is 1. The largest absolute Gasteiger partial charge is 0.417 e. The van der Waals surface area contributed by atoms with Gasteiger partial charge in [-0.05, 0) is 18.2 Å². The summed E-state index contributed by atoms with van der Waals surface area (Å²) in [6, 6.07) is 13.9. The number of rotatable bonds is 4. The minimum Gasteiger partial charge on any atom is -0.312 e. The lowest BCUT2D eigenvalue weighted by Crippen LogP contribution is -2.30. The van der Waals surface area contributed by atoms with Gasteiger partial charge < -0.3 is 4.90 Å². The molecule has 1 atom stereocenters. The van der Waals surface area contributed by atoms with Crippen molar-refractivity contribution in [2.24, 2.45) is 11.0 Å². The maximum atomic E-state index is 12.9. The lowest BCUT2D eigenvalue weighted by Gasteiger charge is -2.16. The Balaban J connectivity index is 1.64. The summed E-state index contributed by atoms with van der Waals surface area (Å²) in [5.74, 6) is -1.32. The van der Waals surface area contributed by atoms with Crippen molar-refractivity contribution in [3.8, 4) is 0 Å². The van der Waals surface area contributed by atoms with Crippen LogP contribution in [0.1, 0.15) is 17.5 Å². The zero-order valence-electron chi connectivity index (χ0n) is 14.1. The second kappa shape index (κ2) is 7.61. The third-order valence-electron chi connectivity index (χ3n) is 4.21. The molecule has 0 radical (unpaired) electrons. The quantitative estimate of drug-likeness (QED) is 0.659. The van der Waals surface area contributed by atoms with Gasteiger partial charge in [-0.15, -0.1) is 0 Å². The predicted octanol–water partition coefficient (Wildman–Crippen LogP) is 3.21. The lowest BCUT2D eigenvalue weighted by molar-refractivity contribution is -0.137. The van der Waals surface area contributed by atoms with E-state index in [9.17, 15) is 22.8 Å². The van der Waals surface area contributed by atoms with E-state index in [4.69, 9.17) is 0 Å². The van der Waals surface area contributed by atoms with Gasteiger partial charge in [-0.3, -0.25) is 9.59 Å². The Morgan fingerprint density at radius 2 is 1.78 bits per heavy atom. The third kappa shape index (κ3) is 4.33. The maximum Gasteiger partial charge on any atom is 0.417 e. The first-order valence-electron chi connectivity index (χ1n) is 8.21. The number of alkyl halides is 3. The monoisotopic (exact) mass is 375 g/mol. The normalized spacial score (nSPS) is 17.5. The fraction of sp³-hybridized carbons (Fsp3) is 0.211. The third-order valence-corrected chi connectivity index (χ3v) is 4.21. The molecule has 1 aliphatic rings. The Morgan fingerprint density at radius 3 is 2.48 bits per heavy atom. The SMILES string of the molecule is O=C(NN=Cc1ccccc1C(F)(F)F)[C@H]1CC(=O)N(c2ccccc2)C1. The van der Waals surface area contributed by atoms with Crippen molar-refractivity contribution in [3.63, 3.8) is 0 Å². The minimum absolute atomic E-state index is 0.0232. The molecule has 0 aromatic heterocycles. The van der Waals surface area contributed by atoms with Gasteiger partial charge >= 0.3 is 6.18 Å². The van der Waals surface area contributed by atoms with Gasteiger partial charge in [-0.25, -0.2) is 5.43 Å². The molecule has 1 heterocycles. The first-order valence-corrected chi connectivity index (χ1v) is 8.21. The molecule has 0 unspecified atom stereocenters. The second-order valence-corrected chi connectivity index (χ2v) is 6.06. The van der Waals surface area contributed by atoms with Crippen LogP contribution in [-0.4, -0.2) is 24.6 Å². The van der Waals surface area contributed by atoms with E-state index in [-0.39, 0.29) is 24.4 Å². The summed E-state index contributed by atoms with van der Waals surface area (Å²) in [5, 5.41) is 3.63. The van der Waals surface area contributed by atoms with E-state index in [2.05, 4.69) is 10.5 Å².